The summed E-state index contributed by atoms with van der Waals surface area (Å²) in [6.07, 6.45) is 1.69. The number of nitrogens with zero attached hydrogens (tertiary/aromatic N) is 2. The summed E-state index contributed by atoms with van der Waals surface area (Å²) in [7, 11) is -0.196. The second-order valence-electron chi connectivity index (χ2n) is 10.2. The number of aliphatic hydroxyl groups is 1. The van der Waals surface area contributed by atoms with E-state index in [0.717, 1.165) is 0 Å². The van der Waals surface area contributed by atoms with E-state index in [9.17, 15) is 15.0 Å². The Bertz CT molecular complexity index is 1210. The lowest BCUT2D eigenvalue weighted by Gasteiger charge is -2.36. The Labute approximate surface area is 201 Å². The number of halogens is 1. The molecule has 186 valence electrons. The molecule has 3 rings (SSSR count). The number of fused-ring (bicyclic) bond motifs is 1. The van der Waals surface area contributed by atoms with Crippen LogP contribution in [0.1, 0.15) is 61.6 Å². The van der Waals surface area contributed by atoms with Crippen LogP contribution in [0.25, 0.3) is 22.0 Å². The molecule has 2 heterocycles. The molecule has 3 aromatic rings. The summed E-state index contributed by atoms with van der Waals surface area (Å²) in [5.74, 6) is -1.58. The maximum absolute atomic E-state index is 15.2. The van der Waals surface area contributed by atoms with Crippen molar-refractivity contribution in [3.8, 4) is 11.1 Å². The van der Waals surface area contributed by atoms with Gasteiger partial charge in [0.15, 0.2) is 8.32 Å². The molecule has 34 heavy (non-hydrogen) atoms. The van der Waals surface area contributed by atoms with Crippen molar-refractivity contribution in [2.45, 2.75) is 71.7 Å². The second-order valence-corrected chi connectivity index (χ2v) is 15.1. The third-order valence-corrected chi connectivity index (χ3v) is 11.6. The van der Waals surface area contributed by atoms with Crippen LogP contribution in [0.4, 0.5) is 4.39 Å². The molecule has 0 bridgehead atoms. The van der Waals surface area contributed by atoms with Crippen LogP contribution < -0.4 is 0 Å². The van der Waals surface area contributed by atoms with Crippen LogP contribution in [0.3, 0.4) is 0 Å². The van der Waals surface area contributed by atoms with E-state index in [1.807, 2.05) is 6.92 Å². The number of benzene rings is 1. The molecule has 0 radical (unpaired) electrons. The number of carbonyl (C=O) groups is 1. The highest BCUT2D eigenvalue weighted by Gasteiger charge is 2.37. The molecule has 0 amide bonds. The summed E-state index contributed by atoms with van der Waals surface area (Å²) >= 11 is 0. The number of hydrogen-bond donors (Lipinski definition) is 3. The lowest BCUT2D eigenvalue weighted by Crippen LogP contribution is -2.41. The van der Waals surface area contributed by atoms with Gasteiger partial charge in [-0.25, -0.2) is 9.18 Å². The fourth-order valence-electron chi connectivity index (χ4n) is 4.11. The summed E-state index contributed by atoms with van der Waals surface area (Å²) in [4.78, 5) is 15.1. The van der Waals surface area contributed by atoms with Gasteiger partial charge in [0.2, 0.25) is 0 Å². The Morgan fingerprint density at radius 3 is 2.50 bits per heavy atom. The van der Waals surface area contributed by atoms with E-state index in [4.69, 9.17) is 4.43 Å². The molecular weight excluding hydrogens is 453 g/mol. The SMILES string of the molecule is CCc1nn(C)c(CO)c1-c1c(F)ccc2c(CCCO[Si](C)(C)C(C)(C)C)c(C(=O)O)[nH]c12. The van der Waals surface area contributed by atoms with Gasteiger partial charge in [-0.05, 0) is 55.1 Å². The van der Waals surface area contributed by atoms with E-state index in [0.29, 0.717) is 59.3 Å². The highest BCUT2D eigenvalue weighted by Crippen LogP contribution is 2.39. The molecule has 0 unspecified atom stereocenters. The minimum atomic E-state index is -1.90. The quantitative estimate of drug-likeness (QED) is 0.275. The van der Waals surface area contributed by atoms with Crippen molar-refractivity contribution in [3.05, 3.63) is 40.6 Å². The first kappa shape index (κ1) is 26.1. The maximum Gasteiger partial charge on any atom is 0.352 e. The summed E-state index contributed by atoms with van der Waals surface area (Å²) in [6.45, 7) is 13.1. The van der Waals surface area contributed by atoms with Crippen LogP contribution in [-0.2, 0) is 30.9 Å². The molecule has 0 aliphatic rings. The Hall–Kier alpha value is -2.49. The van der Waals surface area contributed by atoms with E-state index in [-0.39, 0.29) is 22.9 Å². The van der Waals surface area contributed by atoms with Gasteiger partial charge in [-0.2, -0.15) is 5.10 Å². The minimum absolute atomic E-state index is 0.0571. The molecule has 0 aliphatic heterocycles. The smallest absolute Gasteiger partial charge is 0.352 e. The van der Waals surface area contributed by atoms with Gasteiger partial charge >= 0.3 is 5.97 Å². The van der Waals surface area contributed by atoms with Crippen molar-refractivity contribution in [1.82, 2.24) is 14.8 Å². The zero-order chi connectivity index (χ0) is 25.4. The van der Waals surface area contributed by atoms with Crippen LogP contribution in [0.2, 0.25) is 18.1 Å². The number of aliphatic hydroxyl groups excluding tert-OH is 1. The normalized spacial score (nSPS) is 12.6. The Morgan fingerprint density at radius 2 is 1.94 bits per heavy atom. The number of rotatable bonds is 9. The fraction of sp³-hybridized carbons (Fsp3) is 0.520. The van der Waals surface area contributed by atoms with Gasteiger partial charge in [0, 0.05) is 30.2 Å². The zero-order valence-corrected chi connectivity index (χ0v) is 22.2. The third-order valence-electron chi connectivity index (χ3n) is 7.06. The molecule has 0 saturated carbocycles. The summed E-state index contributed by atoms with van der Waals surface area (Å²) in [5, 5.41) is 25.0. The number of aryl methyl sites for hydroxylation is 3. The molecule has 0 aliphatic carbocycles. The third kappa shape index (κ3) is 4.69. The van der Waals surface area contributed by atoms with Crippen molar-refractivity contribution < 1.29 is 23.8 Å². The number of carboxylic acid groups (broad SMARTS) is 1. The van der Waals surface area contributed by atoms with Crippen LogP contribution in [-0.4, -0.2) is 45.9 Å². The highest BCUT2D eigenvalue weighted by molar-refractivity contribution is 6.74. The second kappa shape index (κ2) is 9.63. The number of H-pyrrole nitrogens is 1. The standard InChI is InChI=1S/C25H36FN3O4Si/c1-8-18-21(19(14-30)29(5)28-18)20-17(26)12-11-16-15(23(24(31)32)27-22(16)20)10-9-13-33-34(6,7)25(2,3)4/h11-12,27,30H,8-10,13-14H2,1-7H3,(H,31,32). The monoisotopic (exact) mass is 489 g/mol. The van der Waals surface area contributed by atoms with Crippen molar-refractivity contribution in [2.75, 3.05) is 6.61 Å². The topological polar surface area (TPSA) is 100 Å². The lowest BCUT2D eigenvalue weighted by atomic mass is 9.97. The van der Waals surface area contributed by atoms with Crippen molar-refractivity contribution in [2.24, 2.45) is 7.05 Å². The molecule has 0 spiro atoms. The maximum atomic E-state index is 15.2. The first-order chi connectivity index (χ1) is 15.8. The molecule has 0 fully saturated rings. The van der Waals surface area contributed by atoms with E-state index < -0.39 is 20.1 Å². The van der Waals surface area contributed by atoms with E-state index in [2.05, 4.69) is 43.9 Å². The molecule has 7 nitrogen and oxygen atoms in total. The van der Waals surface area contributed by atoms with Gasteiger partial charge in [-0.15, -0.1) is 0 Å². The van der Waals surface area contributed by atoms with Gasteiger partial charge in [0.25, 0.3) is 0 Å². The van der Waals surface area contributed by atoms with E-state index >= 15 is 4.39 Å². The average molecular weight is 490 g/mol. The van der Waals surface area contributed by atoms with Crippen LogP contribution in [0.5, 0.6) is 0 Å². The predicted octanol–water partition coefficient (Wildman–Crippen LogP) is 5.41. The summed E-state index contributed by atoms with van der Waals surface area (Å²) < 4.78 is 23.0. The average Bonchev–Trinajstić information content (AvgIpc) is 3.27. The lowest BCUT2D eigenvalue weighted by molar-refractivity contribution is 0.0690. The molecule has 0 saturated heterocycles. The number of aromatic nitrogens is 3. The fourth-order valence-corrected chi connectivity index (χ4v) is 5.20. The molecule has 1 aromatic carbocycles. The van der Waals surface area contributed by atoms with Crippen molar-refractivity contribution in [3.63, 3.8) is 0 Å². The number of carboxylic acids is 1. The number of aromatic amines is 1. The van der Waals surface area contributed by atoms with Crippen LogP contribution in [0, 0.1) is 5.82 Å². The summed E-state index contributed by atoms with van der Waals surface area (Å²) in [6, 6.07) is 2.99. The number of hydrogen-bond acceptors (Lipinski definition) is 4. The summed E-state index contributed by atoms with van der Waals surface area (Å²) in [5.41, 5.74) is 3.00. The van der Waals surface area contributed by atoms with Gasteiger partial charge < -0.3 is 19.6 Å². The molecule has 9 heteroatoms. The zero-order valence-electron chi connectivity index (χ0n) is 21.2. The number of nitrogens with one attached hydrogen (secondary N) is 1. The Balaban J connectivity index is 2.06. The highest BCUT2D eigenvalue weighted by atomic mass is 28.4. The van der Waals surface area contributed by atoms with Crippen LogP contribution >= 0.6 is 0 Å². The first-order valence-corrected chi connectivity index (χ1v) is 14.6. The molecule has 0 atom stereocenters. The van der Waals surface area contributed by atoms with Gasteiger partial charge in [-0.1, -0.05) is 27.7 Å². The first-order valence-electron chi connectivity index (χ1n) is 11.7. The largest absolute Gasteiger partial charge is 0.477 e. The van der Waals surface area contributed by atoms with Gasteiger partial charge in [-0.3, -0.25) is 4.68 Å². The van der Waals surface area contributed by atoms with Gasteiger partial charge in [0.1, 0.15) is 11.5 Å². The van der Waals surface area contributed by atoms with E-state index in [1.165, 1.54) is 6.07 Å². The Morgan fingerprint density at radius 1 is 1.26 bits per heavy atom. The van der Waals surface area contributed by atoms with Crippen molar-refractivity contribution >= 4 is 25.2 Å². The minimum Gasteiger partial charge on any atom is -0.477 e. The van der Waals surface area contributed by atoms with Gasteiger partial charge in [0.05, 0.1) is 23.5 Å². The molecule has 2 aromatic heterocycles. The Kier molecular flexibility index (Phi) is 7.40. The van der Waals surface area contributed by atoms with E-state index in [1.54, 1.807) is 17.8 Å². The van der Waals surface area contributed by atoms with Crippen molar-refractivity contribution in [1.29, 1.82) is 0 Å². The van der Waals surface area contributed by atoms with Crippen LogP contribution in [0.15, 0.2) is 12.1 Å². The molecular formula is C25H36FN3O4Si. The predicted molar refractivity (Wildman–Crippen MR) is 134 cm³/mol. The number of aromatic carboxylic acids is 1. The molecule has 3 N–H and O–H groups in total.